The van der Waals surface area contributed by atoms with Crippen LogP contribution in [0.25, 0.3) is 0 Å². The van der Waals surface area contributed by atoms with Gasteiger partial charge in [-0.05, 0) is 13.8 Å². The number of ether oxygens (including phenoxy) is 2. The lowest BCUT2D eigenvalue weighted by molar-refractivity contribution is -0.141. The van der Waals surface area contributed by atoms with Crippen molar-refractivity contribution in [2.75, 3.05) is 13.2 Å². The van der Waals surface area contributed by atoms with Crippen molar-refractivity contribution >= 4 is 11.9 Å². The summed E-state index contributed by atoms with van der Waals surface area (Å²) in [6.45, 7) is 6.81. The molecule has 0 aromatic rings. The van der Waals surface area contributed by atoms with Gasteiger partial charge in [-0.1, -0.05) is 5.57 Å². The van der Waals surface area contributed by atoms with Crippen LogP contribution in [0.4, 0.5) is 0 Å². The number of allylic oxidation sites excluding steroid dienone is 1. The van der Waals surface area contributed by atoms with Gasteiger partial charge in [0.25, 0.3) is 0 Å². The van der Waals surface area contributed by atoms with Crippen molar-refractivity contribution in [2.45, 2.75) is 27.7 Å². The number of hydrogen-bond donors (Lipinski definition) is 0. The van der Waals surface area contributed by atoms with E-state index in [0.29, 0.717) is 0 Å². The van der Waals surface area contributed by atoms with Crippen LogP contribution in [0.5, 0.6) is 0 Å². The summed E-state index contributed by atoms with van der Waals surface area (Å²) in [7, 11) is 0. The normalized spacial score (nSPS) is 9.14. The quantitative estimate of drug-likeness (QED) is 0.509. The van der Waals surface area contributed by atoms with Crippen molar-refractivity contribution in [3.63, 3.8) is 0 Å². The van der Waals surface area contributed by atoms with E-state index < -0.39 is 0 Å². The van der Waals surface area contributed by atoms with Gasteiger partial charge in [0.2, 0.25) is 0 Å². The molecule has 0 N–H and O–H groups in total. The van der Waals surface area contributed by atoms with Crippen molar-refractivity contribution in [2.24, 2.45) is 0 Å². The molecular weight excluding hydrogens is 184 g/mol. The monoisotopic (exact) mass is 200 g/mol. The Labute approximate surface area is 83.9 Å². The molecule has 14 heavy (non-hydrogen) atoms. The molecule has 0 saturated heterocycles. The third-order valence-corrected chi connectivity index (χ3v) is 1.61. The first-order chi connectivity index (χ1) is 6.43. The standard InChI is InChI=1S/C10H16O4/c1-7(2)10(5-13-8(3)11)6-14-9(4)12/h5-6H2,1-4H3. The van der Waals surface area contributed by atoms with Crippen molar-refractivity contribution in [1.82, 2.24) is 0 Å². The Kier molecular flexibility index (Phi) is 5.60. The Morgan fingerprint density at radius 1 is 0.857 bits per heavy atom. The average molecular weight is 200 g/mol. The molecule has 0 aromatic heterocycles. The Morgan fingerprint density at radius 3 is 1.43 bits per heavy atom. The topological polar surface area (TPSA) is 52.6 Å². The van der Waals surface area contributed by atoms with E-state index in [0.717, 1.165) is 11.1 Å². The van der Waals surface area contributed by atoms with Crippen LogP contribution in [0.2, 0.25) is 0 Å². The molecule has 0 atom stereocenters. The van der Waals surface area contributed by atoms with Gasteiger partial charge in [0, 0.05) is 19.4 Å². The number of hydrogen-bond acceptors (Lipinski definition) is 4. The number of esters is 2. The van der Waals surface area contributed by atoms with Gasteiger partial charge in [0.1, 0.15) is 13.2 Å². The number of carbonyl (C=O) groups is 2. The SMILES string of the molecule is CC(=O)OCC(COC(C)=O)=C(C)C. The summed E-state index contributed by atoms with van der Waals surface area (Å²) in [5, 5.41) is 0. The summed E-state index contributed by atoms with van der Waals surface area (Å²) in [4.78, 5) is 21.1. The lowest BCUT2D eigenvalue weighted by Gasteiger charge is -2.09. The second-order valence-corrected chi connectivity index (χ2v) is 3.16. The summed E-state index contributed by atoms with van der Waals surface area (Å²) < 4.78 is 9.62. The van der Waals surface area contributed by atoms with E-state index >= 15 is 0 Å². The van der Waals surface area contributed by atoms with Gasteiger partial charge in [-0.15, -0.1) is 0 Å². The molecule has 0 spiro atoms. The van der Waals surface area contributed by atoms with E-state index in [1.165, 1.54) is 13.8 Å². The fraction of sp³-hybridized carbons (Fsp3) is 0.600. The van der Waals surface area contributed by atoms with Gasteiger partial charge < -0.3 is 9.47 Å². The summed E-state index contributed by atoms with van der Waals surface area (Å²) in [6, 6.07) is 0. The number of carbonyl (C=O) groups excluding carboxylic acids is 2. The van der Waals surface area contributed by atoms with Crippen molar-refractivity contribution in [1.29, 1.82) is 0 Å². The van der Waals surface area contributed by atoms with Gasteiger partial charge in [0.15, 0.2) is 0 Å². The zero-order chi connectivity index (χ0) is 11.1. The van der Waals surface area contributed by atoms with Crippen LogP contribution in [0.3, 0.4) is 0 Å². The third kappa shape index (κ3) is 6.22. The highest BCUT2D eigenvalue weighted by Crippen LogP contribution is 2.05. The fourth-order valence-electron chi connectivity index (χ4n) is 0.708. The average Bonchev–Trinajstić information content (AvgIpc) is 2.02. The van der Waals surface area contributed by atoms with E-state index in [-0.39, 0.29) is 25.2 Å². The molecule has 0 bridgehead atoms. The Balaban J connectivity index is 4.12. The second kappa shape index (κ2) is 6.18. The second-order valence-electron chi connectivity index (χ2n) is 3.16. The van der Waals surface area contributed by atoms with Crippen molar-refractivity contribution < 1.29 is 19.1 Å². The predicted molar refractivity (Wildman–Crippen MR) is 51.6 cm³/mol. The minimum atomic E-state index is -0.341. The molecule has 0 rings (SSSR count). The van der Waals surface area contributed by atoms with Crippen molar-refractivity contribution in [3.8, 4) is 0 Å². The van der Waals surface area contributed by atoms with E-state index in [9.17, 15) is 9.59 Å². The Hall–Kier alpha value is -1.32. The zero-order valence-electron chi connectivity index (χ0n) is 9.05. The van der Waals surface area contributed by atoms with Crippen LogP contribution < -0.4 is 0 Å². The van der Waals surface area contributed by atoms with Gasteiger partial charge in [-0.25, -0.2) is 0 Å². The van der Waals surface area contributed by atoms with Crippen molar-refractivity contribution in [3.05, 3.63) is 11.1 Å². The molecule has 0 aromatic carbocycles. The number of rotatable bonds is 4. The lowest BCUT2D eigenvalue weighted by Crippen LogP contribution is -2.11. The Morgan fingerprint density at radius 2 is 1.21 bits per heavy atom. The van der Waals surface area contributed by atoms with Crippen LogP contribution in [-0.2, 0) is 19.1 Å². The zero-order valence-corrected chi connectivity index (χ0v) is 9.05. The molecule has 0 saturated carbocycles. The van der Waals surface area contributed by atoms with Crippen LogP contribution in [0, 0.1) is 0 Å². The van der Waals surface area contributed by atoms with E-state index in [2.05, 4.69) is 0 Å². The van der Waals surface area contributed by atoms with Gasteiger partial charge in [-0.2, -0.15) is 0 Å². The molecular formula is C10H16O4. The van der Waals surface area contributed by atoms with Gasteiger partial charge in [-0.3, -0.25) is 9.59 Å². The molecule has 0 amide bonds. The molecule has 0 aliphatic heterocycles. The molecule has 80 valence electrons. The van der Waals surface area contributed by atoms with Crippen LogP contribution in [0.15, 0.2) is 11.1 Å². The molecule has 0 unspecified atom stereocenters. The molecule has 0 fully saturated rings. The smallest absolute Gasteiger partial charge is 0.302 e. The lowest BCUT2D eigenvalue weighted by atomic mass is 10.2. The first-order valence-corrected chi connectivity index (χ1v) is 4.35. The third-order valence-electron chi connectivity index (χ3n) is 1.61. The molecule has 4 heteroatoms. The maximum Gasteiger partial charge on any atom is 0.302 e. The minimum absolute atomic E-state index is 0.185. The molecule has 0 heterocycles. The van der Waals surface area contributed by atoms with E-state index in [1.807, 2.05) is 13.8 Å². The highest BCUT2D eigenvalue weighted by molar-refractivity contribution is 5.66. The summed E-state index contributed by atoms with van der Waals surface area (Å²) in [6.07, 6.45) is 0. The maximum absolute atomic E-state index is 10.6. The molecule has 0 aliphatic rings. The summed E-state index contributed by atoms with van der Waals surface area (Å²) in [5.41, 5.74) is 1.81. The minimum Gasteiger partial charge on any atom is -0.461 e. The highest BCUT2D eigenvalue weighted by Gasteiger charge is 2.04. The molecule has 0 aliphatic carbocycles. The highest BCUT2D eigenvalue weighted by atomic mass is 16.5. The van der Waals surface area contributed by atoms with Gasteiger partial charge >= 0.3 is 11.9 Å². The van der Waals surface area contributed by atoms with Crippen LogP contribution >= 0.6 is 0 Å². The molecule has 4 nitrogen and oxygen atoms in total. The van der Waals surface area contributed by atoms with Crippen LogP contribution in [0.1, 0.15) is 27.7 Å². The maximum atomic E-state index is 10.6. The summed E-state index contributed by atoms with van der Waals surface area (Å²) >= 11 is 0. The predicted octanol–water partition coefficient (Wildman–Crippen LogP) is 1.45. The fourth-order valence-corrected chi connectivity index (χ4v) is 0.708. The van der Waals surface area contributed by atoms with Crippen LogP contribution in [-0.4, -0.2) is 25.2 Å². The Bertz CT molecular complexity index is 229. The van der Waals surface area contributed by atoms with Gasteiger partial charge in [0.05, 0.1) is 0 Å². The largest absolute Gasteiger partial charge is 0.461 e. The van der Waals surface area contributed by atoms with E-state index in [1.54, 1.807) is 0 Å². The van der Waals surface area contributed by atoms with E-state index in [4.69, 9.17) is 9.47 Å². The molecule has 0 radical (unpaired) electrons. The first-order valence-electron chi connectivity index (χ1n) is 4.35. The summed E-state index contributed by atoms with van der Waals surface area (Å²) in [5.74, 6) is -0.682. The first kappa shape index (κ1) is 12.7.